The zero-order valence-electron chi connectivity index (χ0n) is 12.4. The van der Waals surface area contributed by atoms with Gasteiger partial charge in [0.25, 0.3) is 0 Å². The monoisotopic (exact) mass is 330 g/mol. The molecule has 118 valence electrons. The zero-order valence-corrected chi connectivity index (χ0v) is 13.1. The Morgan fingerprint density at radius 3 is 2.91 bits per heavy atom. The Morgan fingerprint density at radius 1 is 1.26 bits per heavy atom. The highest BCUT2D eigenvalue weighted by molar-refractivity contribution is 6.29. The van der Waals surface area contributed by atoms with E-state index in [1.165, 1.54) is 0 Å². The molecule has 7 heteroatoms. The minimum Gasteiger partial charge on any atom is -0.492 e. The van der Waals surface area contributed by atoms with E-state index in [4.69, 9.17) is 16.3 Å². The third kappa shape index (κ3) is 3.54. The molecule has 3 rings (SSSR count). The van der Waals surface area contributed by atoms with Crippen LogP contribution in [0, 0.1) is 0 Å². The largest absolute Gasteiger partial charge is 0.492 e. The third-order valence-corrected chi connectivity index (χ3v) is 3.32. The van der Waals surface area contributed by atoms with Gasteiger partial charge in [0.05, 0.1) is 23.3 Å². The van der Waals surface area contributed by atoms with Crippen molar-refractivity contribution in [2.75, 3.05) is 17.2 Å². The fourth-order valence-corrected chi connectivity index (χ4v) is 2.39. The molecule has 0 aliphatic rings. The van der Waals surface area contributed by atoms with E-state index in [2.05, 4.69) is 20.6 Å². The molecule has 1 heterocycles. The Labute approximate surface area is 137 Å². The van der Waals surface area contributed by atoms with Crippen LogP contribution in [0.15, 0.2) is 42.5 Å². The minimum atomic E-state index is -0.359. The number of imidazole rings is 1. The van der Waals surface area contributed by atoms with Crippen molar-refractivity contribution in [3.8, 4) is 5.75 Å². The SMILES string of the molecule is CCOc1ccccc1NC(=O)Nc1ccc2nc(Cl)[nH]c2c1. The van der Waals surface area contributed by atoms with Gasteiger partial charge in [0.1, 0.15) is 5.75 Å². The van der Waals surface area contributed by atoms with Crippen LogP contribution in [-0.2, 0) is 0 Å². The number of nitrogens with one attached hydrogen (secondary N) is 3. The van der Waals surface area contributed by atoms with Gasteiger partial charge in [-0.15, -0.1) is 0 Å². The Bertz CT molecular complexity index is 847. The number of fused-ring (bicyclic) bond motifs is 1. The van der Waals surface area contributed by atoms with E-state index in [-0.39, 0.29) is 6.03 Å². The lowest BCUT2D eigenvalue weighted by Crippen LogP contribution is -2.19. The predicted molar refractivity (Wildman–Crippen MR) is 91.4 cm³/mol. The number of hydrogen-bond acceptors (Lipinski definition) is 3. The number of ether oxygens (including phenoxy) is 1. The topological polar surface area (TPSA) is 79.0 Å². The fourth-order valence-electron chi connectivity index (χ4n) is 2.19. The predicted octanol–water partition coefficient (Wildman–Crippen LogP) is 4.26. The summed E-state index contributed by atoms with van der Waals surface area (Å²) in [5, 5.41) is 5.85. The Kier molecular flexibility index (Phi) is 4.34. The van der Waals surface area contributed by atoms with E-state index in [9.17, 15) is 4.79 Å². The highest BCUT2D eigenvalue weighted by Gasteiger charge is 2.08. The molecule has 2 aromatic carbocycles. The van der Waals surface area contributed by atoms with Crippen LogP contribution in [0.4, 0.5) is 16.2 Å². The molecule has 6 nitrogen and oxygen atoms in total. The summed E-state index contributed by atoms with van der Waals surface area (Å²) >= 11 is 5.82. The van der Waals surface area contributed by atoms with E-state index >= 15 is 0 Å². The van der Waals surface area contributed by atoms with Crippen LogP contribution in [-0.4, -0.2) is 22.6 Å². The molecule has 1 aromatic heterocycles. The van der Waals surface area contributed by atoms with Crippen LogP contribution >= 0.6 is 11.6 Å². The molecule has 0 spiro atoms. The summed E-state index contributed by atoms with van der Waals surface area (Å²) in [4.78, 5) is 19.2. The van der Waals surface area contributed by atoms with Gasteiger partial charge in [0, 0.05) is 5.69 Å². The van der Waals surface area contributed by atoms with Gasteiger partial charge in [-0.2, -0.15) is 0 Å². The van der Waals surface area contributed by atoms with Crippen LogP contribution in [0.25, 0.3) is 11.0 Å². The van der Waals surface area contributed by atoms with E-state index in [1.54, 1.807) is 30.3 Å². The maximum atomic E-state index is 12.1. The first-order valence-electron chi connectivity index (χ1n) is 7.11. The number of anilines is 2. The van der Waals surface area contributed by atoms with Gasteiger partial charge in [0.2, 0.25) is 5.28 Å². The van der Waals surface area contributed by atoms with Crippen LogP contribution in [0.3, 0.4) is 0 Å². The first-order valence-corrected chi connectivity index (χ1v) is 7.48. The number of carbonyl (C=O) groups is 1. The number of aromatic nitrogens is 2. The van der Waals surface area contributed by atoms with E-state index in [1.807, 2.05) is 19.1 Å². The summed E-state index contributed by atoms with van der Waals surface area (Å²) in [6.45, 7) is 2.42. The lowest BCUT2D eigenvalue weighted by atomic mass is 10.2. The Morgan fingerprint density at radius 2 is 2.09 bits per heavy atom. The molecule has 0 bridgehead atoms. The maximum absolute atomic E-state index is 12.1. The van der Waals surface area contributed by atoms with Crippen molar-refractivity contribution in [1.82, 2.24) is 9.97 Å². The van der Waals surface area contributed by atoms with Gasteiger partial charge >= 0.3 is 6.03 Å². The number of amides is 2. The lowest BCUT2D eigenvalue weighted by Gasteiger charge is -2.12. The summed E-state index contributed by atoms with van der Waals surface area (Å²) in [6.07, 6.45) is 0. The standard InChI is InChI=1S/C16H15ClN4O2/c1-2-23-14-6-4-3-5-12(14)21-16(22)18-10-7-8-11-13(9-10)20-15(17)19-11/h3-9H,2H2,1H3,(H,19,20)(H2,18,21,22). The summed E-state index contributed by atoms with van der Waals surface area (Å²) < 4.78 is 5.48. The number of nitrogens with zero attached hydrogens (tertiary/aromatic N) is 1. The number of benzene rings is 2. The lowest BCUT2D eigenvalue weighted by molar-refractivity contribution is 0.262. The molecule has 0 radical (unpaired) electrons. The fraction of sp³-hybridized carbons (Fsp3) is 0.125. The molecule has 3 aromatic rings. The smallest absolute Gasteiger partial charge is 0.323 e. The van der Waals surface area contributed by atoms with E-state index in [0.717, 1.165) is 11.0 Å². The van der Waals surface area contributed by atoms with Crippen molar-refractivity contribution < 1.29 is 9.53 Å². The van der Waals surface area contributed by atoms with Crippen LogP contribution in [0.5, 0.6) is 5.75 Å². The number of halogens is 1. The first-order chi connectivity index (χ1) is 11.2. The van der Waals surface area contributed by atoms with Gasteiger partial charge in [0.15, 0.2) is 0 Å². The van der Waals surface area contributed by atoms with Gasteiger partial charge in [-0.05, 0) is 48.9 Å². The number of carbonyl (C=O) groups excluding carboxylic acids is 1. The van der Waals surface area contributed by atoms with Crippen molar-refractivity contribution >= 4 is 40.0 Å². The quantitative estimate of drug-likeness (QED) is 0.668. The first kappa shape index (κ1) is 15.2. The Hall–Kier alpha value is -2.73. The average Bonchev–Trinajstić information content (AvgIpc) is 2.89. The van der Waals surface area contributed by atoms with Gasteiger partial charge in [-0.1, -0.05) is 12.1 Å². The second-order valence-corrected chi connectivity index (χ2v) is 5.13. The molecule has 0 atom stereocenters. The minimum absolute atomic E-state index is 0.312. The van der Waals surface area contributed by atoms with Gasteiger partial charge in [-0.3, -0.25) is 0 Å². The highest BCUT2D eigenvalue weighted by atomic mass is 35.5. The molecule has 0 fully saturated rings. The molecule has 0 unspecified atom stereocenters. The molecular weight excluding hydrogens is 316 g/mol. The average molecular weight is 331 g/mol. The molecule has 0 saturated heterocycles. The third-order valence-electron chi connectivity index (χ3n) is 3.15. The van der Waals surface area contributed by atoms with Crippen molar-refractivity contribution in [1.29, 1.82) is 0 Å². The molecule has 0 aliphatic heterocycles. The van der Waals surface area contributed by atoms with Crippen molar-refractivity contribution in [2.45, 2.75) is 6.92 Å². The van der Waals surface area contributed by atoms with Crippen molar-refractivity contribution in [3.05, 3.63) is 47.7 Å². The van der Waals surface area contributed by atoms with Crippen molar-refractivity contribution in [3.63, 3.8) is 0 Å². The summed E-state index contributed by atoms with van der Waals surface area (Å²) in [6, 6.07) is 12.2. The number of para-hydroxylation sites is 2. The summed E-state index contributed by atoms with van der Waals surface area (Å²) in [5.41, 5.74) is 2.73. The molecular formula is C16H15ClN4O2. The normalized spacial score (nSPS) is 10.5. The highest BCUT2D eigenvalue weighted by Crippen LogP contribution is 2.24. The summed E-state index contributed by atoms with van der Waals surface area (Å²) in [7, 11) is 0. The van der Waals surface area contributed by atoms with Crippen LogP contribution in [0.1, 0.15) is 6.92 Å². The number of urea groups is 1. The number of aromatic amines is 1. The number of rotatable bonds is 4. The molecule has 0 saturated carbocycles. The Balaban J connectivity index is 1.73. The van der Waals surface area contributed by atoms with E-state index in [0.29, 0.717) is 29.0 Å². The van der Waals surface area contributed by atoms with Gasteiger partial charge in [-0.25, -0.2) is 9.78 Å². The second kappa shape index (κ2) is 6.58. The molecule has 3 N–H and O–H groups in total. The number of hydrogen-bond donors (Lipinski definition) is 3. The number of H-pyrrole nitrogens is 1. The van der Waals surface area contributed by atoms with Gasteiger partial charge < -0.3 is 20.4 Å². The zero-order chi connectivity index (χ0) is 16.2. The van der Waals surface area contributed by atoms with E-state index < -0.39 is 0 Å². The molecule has 23 heavy (non-hydrogen) atoms. The van der Waals surface area contributed by atoms with Crippen LogP contribution in [0.2, 0.25) is 5.28 Å². The molecule has 2 amide bonds. The molecule has 0 aliphatic carbocycles. The van der Waals surface area contributed by atoms with Crippen molar-refractivity contribution in [2.24, 2.45) is 0 Å². The maximum Gasteiger partial charge on any atom is 0.323 e. The summed E-state index contributed by atoms with van der Waals surface area (Å²) in [5.74, 6) is 0.626. The van der Waals surface area contributed by atoms with Crippen LogP contribution < -0.4 is 15.4 Å². The second-order valence-electron chi connectivity index (χ2n) is 4.77.